The summed E-state index contributed by atoms with van der Waals surface area (Å²) in [5.74, 6) is 0.608. The van der Waals surface area contributed by atoms with Crippen LogP contribution in [-0.4, -0.2) is 35.2 Å². The zero-order chi connectivity index (χ0) is 22.8. The Balaban J connectivity index is 1.86. The molecule has 1 saturated carbocycles. The van der Waals surface area contributed by atoms with E-state index >= 15 is 0 Å². The molecule has 1 aromatic heterocycles. The molecule has 1 aromatic carbocycles. The molecule has 0 bridgehead atoms. The Bertz CT molecular complexity index is 832. The molecule has 1 atom stereocenters. The van der Waals surface area contributed by atoms with E-state index in [1.165, 1.54) is 11.3 Å². The van der Waals surface area contributed by atoms with Crippen LogP contribution in [0.2, 0.25) is 0 Å². The number of nitrogens with zero attached hydrogens (tertiary/aromatic N) is 1. The molecule has 1 heterocycles. The summed E-state index contributed by atoms with van der Waals surface area (Å²) in [6.45, 7) is 2.93. The molecular weight excluding hydrogens is 428 g/mol. The number of nitrogens with one attached hydrogen (secondary N) is 1. The van der Waals surface area contributed by atoms with Crippen molar-refractivity contribution in [3.05, 3.63) is 54.0 Å². The average molecular weight is 461 g/mol. The number of carbonyl (C=O) groups excluding carboxylic acids is 2. The van der Waals surface area contributed by atoms with Crippen LogP contribution >= 0.6 is 11.6 Å². The molecule has 1 aliphatic carbocycles. The number of rotatable bonds is 11. The normalized spacial score (nSPS) is 15.2. The fourth-order valence-corrected chi connectivity index (χ4v) is 4.20. The quantitative estimate of drug-likeness (QED) is 0.368. The molecule has 1 N–H and O–H groups in total. The van der Waals surface area contributed by atoms with Crippen LogP contribution in [0.15, 0.2) is 47.1 Å². The number of furan rings is 1. The SMILES string of the molecule is CCCCOc1ccc([C@@H](C(=O)NC2CCCCC2)N(Cc2ccco2)C(=O)CCl)cc1. The third-order valence-electron chi connectivity index (χ3n) is 5.81. The molecule has 0 aliphatic heterocycles. The van der Waals surface area contributed by atoms with Gasteiger partial charge in [0.05, 0.1) is 19.4 Å². The molecule has 6 nitrogen and oxygen atoms in total. The Hall–Kier alpha value is -2.47. The van der Waals surface area contributed by atoms with Crippen molar-refractivity contribution in [2.24, 2.45) is 0 Å². The maximum atomic E-state index is 13.5. The van der Waals surface area contributed by atoms with Crippen LogP contribution in [0.1, 0.15) is 69.2 Å². The Labute approximate surface area is 195 Å². The van der Waals surface area contributed by atoms with Crippen molar-refractivity contribution in [2.75, 3.05) is 12.5 Å². The van der Waals surface area contributed by atoms with E-state index in [1.807, 2.05) is 24.3 Å². The lowest BCUT2D eigenvalue weighted by Gasteiger charge is -2.32. The van der Waals surface area contributed by atoms with E-state index in [0.29, 0.717) is 17.9 Å². The number of hydrogen-bond donors (Lipinski definition) is 1. The van der Waals surface area contributed by atoms with Crippen molar-refractivity contribution >= 4 is 23.4 Å². The van der Waals surface area contributed by atoms with Gasteiger partial charge in [-0.15, -0.1) is 11.6 Å². The summed E-state index contributed by atoms with van der Waals surface area (Å²) in [7, 11) is 0. The summed E-state index contributed by atoms with van der Waals surface area (Å²) in [5, 5.41) is 3.18. The number of amides is 2. The van der Waals surface area contributed by atoms with Crippen LogP contribution in [0.4, 0.5) is 0 Å². The number of halogens is 1. The fourth-order valence-electron chi connectivity index (χ4n) is 4.05. The lowest BCUT2D eigenvalue weighted by Crippen LogP contribution is -2.47. The van der Waals surface area contributed by atoms with Crippen LogP contribution < -0.4 is 10.1 Å². The maximum Gasteiger partial charge on any atom is 0.247 e. The second-order valence-electron chi connectivity index (χ2n) is 8.25. The van der Waals surface area contributed by atoms with Gasteiger partial charge in [-0.25, -0.2) is 0 Å². The zero-order valence-electron chi connectivity index (χ0n) is 18.7. The van der Waals surface area contributed by atoms with Gasteiger partial charge >= 0.3 is 0 Å². The van der Waals surface area contributed by atoms with E-state index in [9.17, 15) is 9.59 Å². The Morgan fingerprint density at radius 1 is 1.19 bits per heavy atom. The van der Waals surface area contributed by atoms with E-state index in [2.05, 4.69) is 12.2 Å². The second kappa shape index (κ2) is 12.5. The second-order valence-corrected chi connectivity index (χ2v) is 8.52. The molecule has 0 saturated heterocycles. The van der Waals surface area contributed by atoms with Gasteiger partial charge < -0.3 is 19.4 Å². The molecule has 174 valence electrons. The highest BCUT2D eigenvalue weighted by Gasteiger charge is 2.33. The Morgan fingerprint density at radius 2 is 1.94 bits per heavy atom. The lowest BCUT2D eigenvalue weighted by atomic mass is 9.94. The molecule has 0 radical (unpaired) electrons. The van der Waals surface area contributed by atoms with Crippen molar-refractivity contribution in [2.45, 2.75) is 70.5 Å². The van der Waals surface area contributed by atoms with Crippen LogP contribution in [0.25, 0.3) is 0 Å². The first-order valence-electron chi connectivity index (χ1n) is 11.5. The molecule has 0 spiro atoms. The summed E-state index contributed by atoms with van der Waals surface area (Å²) in [5.41, 5.74) is 0.714. The topological polar surface area (TPSA) is 71.8 Å². The highest BCUT2D eigenvalue weighted by molar-refractivity contribution is 6.27. The molecule has 3 rings (SSSR count). The van der Waals surface area contributed by atoms with Crippen molar-refractivity contribution in [3.63, 3.8) is 0 Å². The zero-order valence-corrected chi connectivity index (χ0v) is 19.5. The average Bonchev–Trinajstić information content (AvgIpc) is 3.33. The number of alkyl halides is 1. The summed E-state index contributed by atoms with van der Waals surface area (Å²) >= 11 is 5.94. The highest BCUT2D eigenvalue weighted by atomic mass is 35.5. The molecule has 2 aromatic rings. The Kier molecular flexibility index (Phi) is 9.47. The molecule has 1 aliphatic rings. The number of carbonyl (C=O) groups is 2. The standard InChI is InChI=1S/C25H33ClN2O4/c1-2-3-15-31-21-13-11-19(12-14-21)24(25(30)27-20-8-5-4-6-9-20)28(23(29)17-26)18-22-10-7-16-32-22/h7,10-14,16,20,24H,2-6,8-9,15,17-18H2,1H3,(H,27,30)/t24-/m0/s1. The van der Waals surface area contributed by atoms with Gasteiger partial charge in [0.1, 0.15) is 23.4 Å². The molecular formula is C25H33ClN2O4. The van der Waals surface area contributed by atoms with Gasteiger partial charge in [0.15, 0.2) is 0 Å². The van der Waals surface area contributed by atoms with E-state index in [-0.39, 0.29) is 30.3 Å². The summed E-state index contributed by atoms with van der Waals surface area (Å²) in [6, 6.07) is 10.3. The summed E-state index contributed by atoms with van der Waals surface area (Å²) in [6.07, 6.45) is 8.93. The first-order chi connectivity index (χ1) is 15.6. The van der Waals surface area contributed by atoms with Gasteiger partial charge in [0.2, 0.25) is 11.8 Å². The van der Waals surface area contributed by atoms with Gasteiger partial charge in [-0.05, 0) is 49.1 Å². The first kappa shape index (κ1) is 24.2. The van der Waals surface area contributed by atoms with Crippen LogP contribution in [-0.2, 0) is 16.1 Å². The molecule has 32 heavy (non-hydrogen) atoms. The molecule has 2 amide bonds. The smallest absolute Gasteiger partial charge is 0.247 e. The minimum atomic E-state index is -0.807. The third kappa shape index (κ3) is 6.76. The van der Waals surface area contributed by atoms with E-state index < -0.39 is 6.04 Å². The predicted octanol–water partition coefficient (Wildman–Crippen LogP) is 5.22. The Morgan fingerprint density at radius 3 is 2.56 bits per heavy atom. The van der Waals surface area contributed by atoms with E-state index in [4.69, 9.17) is 20.8 Å². The monoisotopic (exact) mass is 460 g/mol. The summed E-state index contributed by atoms with van der Waals surface area (Å²) in [4.78, 5) is 27.8. The van der Waals surface area contributed by atoms with Gasteiger partial charge in [0, 0.05) is 6.04 Å². The summed E-state index contributed by atoms with van der Waals surface area (Å²) < 4.78 is 11.2. The van der Waals surface area contributed by atoms with Crippen molar-refractivity contribution in [1.29, 1.82) is 0 Å². The third-order valence-corrected chi connectivity index (χ3v) is 6.04. The predicted molar refractivity (Wildman–Crippen MR) is 125 cm³/mol. The van der Waals surface area contributed by atoms with Crippen LogP contribution in [0.3, 0.4) is 0 Å². The molecule has 1 fully saturated rings. The number of hydrogen-bond acceptors (Lipinski definition) is 4. The van der Waals surface area contributed by atoms with E-state index in [1.54, 1.807) is 18.4 Å². The van der Waals surface area contributed by atoms with Crippen molar-refractivity contribution in [3.8, 4) is 5.75 Å². The molecule has 7 heteroatoms. The van der Waals surface area contributed by atoms with Gasteiger partial charge in [0.25, 0.3) is 0 Å². The number of ether oxygens (including phenoxy) is 1. The van der Waals surface area contributed by atoms with Crippen LogP contribution in [0, 0.1) is 0 Å². The lowest BCUT2D eigenvalue weighted by molar-refractivity contribution is -0.140. The van der Waals surface area contributed by atoms with E-state index in [0.717, 1.165) is 44.3 Å². The fraction of sp³-hybridized carbons (Fsp3) is 0.520. The van der Waals surface area contributed by atoms with Gasteiger partial charge in [-0.3, -0.25) is 9.59 Å². The molecule has 0 unspecified atom stereocenters. The minimum absolute atomic E-state index is 0.131. The van der Waals surface area contributed by atoms with Gasteiger partial charge in [-0.1, -0.05) is 44.7 Å². The first-order valence-corrected chi connectivity index (χ1v) is 12.1. The number of unbranched alkanes of at least 4 members (excludes halogenated alkanes) is 1. The number of benzene rings is 1. The van der Waals surface area contributed by atoms with Crippen molar-refractivity contribution in [1.82, 2.24) is 10.2 Å². The van der Waals surface area contributed by atoms with Crippen molar-refractivity contribution < 1.29 is 18.7 Å². The van der Waals surface area contributed by atoms with Crippen LogP contribution in [0.5, 0.6) is 5.75 Å². The highest BCUT2D eigenvalue weighted by Crippen LogP contribution is 2.27. The van der Waals surface area contributed by atoms with Gasteiger partial charge in [-0.2, -0.15) is 0 Å². The largest absolute Gasteiger partial charge is 0.494 e. The maximum absolute atomic E-state index is 13.5. The minimum Gasteiger partial charge on any atom is -0.494 e.